The lowest BCUT2D eigenvalue weighted by Crippen LogP contribution is -2.39. The monoisotopic (exact) mass is 387 g/mol. The Morgan fingerprint density at radius 3 is 2.54 bits per heavy atom. The number of hydrogen-bond acceptors (Lipinski definition) is 2. The van der Waals surface area contributed by atoms with Crippen LogP contribution in [-0.2, 0) is 16.8 Å². The Kier molecular flexibility index (Phi) is 5.56. The van der Waals surface area contributed by atoms with Crippen molar-refractivity contribution in [2.24, 2.45) is 0 Å². The second-order valence-corrected chi connectivity index (χ2v) is 7.33. The highest BCUT2D eigenvalue weighted by Crippen LogP contribution is 2.41. The molecular weight excluding hydrogens is 366 g/mol. The minimum absolute atomic E-state index is 0.0234. The molecule has 2 aromatic rings. The van der Waals surface area contributed by atoms with E-state index in [1.54, 1.807) is 0 Å². The van der Waals surface area contributed by atoms with Gasteiger partial charge in [0.2, 0.25) is 0 Å². The van der Waals surface area contributed by atoms with Crippen LogP contribution in [-0.4, -0.2) is 12.6 Å². The predicted molar refractivity (Wildman–Crippen MR) is 98.9 cm³/mol. The number of rotatable bonds is 5. The Hall–Kier alpha value is -1.81. The Bertz CT molecular complexity index is 681. The number of hydrogen-bond donors (Lipinski definition) is 1. The van der Waals surface area contributed by atoms with Gasteiger partial charge in [-0.3, -0.25) is 0 Å². The third-order valence-corrected chi connectivity index (χ3v) is 5.27. The van der Waals surface area contributed by atoms with E-state index in [4.69, 9.17) is 4.74 Å². The summed E-state index contributed by atoms with van der Waals surface area (Å²) < 4.78 is 6.41. The summed E-state index contributed by atoms with van der Waals surface area (Å²) in [7, 11) is 0. The van der Waals surface area contributed by atoms with Crippen molar-refractivity contribution in [2.75, 3.05) is 6.54 Å². The van der Waals surface area contributed by atoms with Crippen molar-refractivity contribution in [3.63, 3.8) is 0 Å². The molecule has 1 amide bonds. The normalized spacial score (nSPS) is 15.9. The summed E-state index contributed by atoms with van der Waals surface area (Å²) in [4.78, 5) is 12.1. The summed E-state index contributed by atoms with van der Waals surface area (Å²) in [6.45, 7) is 0.924. The maximum absolute atomic E-state index is 12.1. The van der Waals surface area contributed by atoms with Crippen LogP contribution in [0.3, 0.4) is 0 Å². The smallest absolute Gasteiger partial charge is 0.407 e. The van der Waals surface area contributed by atoms with Gasteiger partial charge in [0.1, 0.15) is 6.61 Å². The molecule has 2 aromatic carbocycles. The van der Waals surface area contributed by atoms with Gasteiger partial charge in [0.05, 0.1) is 0 Å². The van der Waals surface area contributed by atoms with Crippen LogP contribution in [0.1, 0.15) is 36.8 Å². The van der Waals surface area contributed by atoms with Gasteiger partial charge in [0.25, 0.3) is 0 Å². The van der Waals surface area contributed by atoms with Gasteiger partial charge in [-0.05, 0) is 36.1 Å². The number of nitrogens with one attached hydrogen (secondary N) is 1. The van der Waals surface area contributed by atoms with E-state index in [1.165, 1.54) is 18.4 Å². The molecule has 0 unspecified atom stereocenters. The summed E-state index contributed by atoms with van der Waals surface area (Å²) in [6, 6.07) is 18.2. The predicted octanol–water partition coefficient (Wildman–Crippen LogP) is 5.19. The number of ether oxygens (including phenoxy) is 1. The maximum atomic E-state index is 12.1. The molecule has 0 bridgehead atoms. The van der Waals surface area contributed by atoms with Crippen LogP contribution in [0, 0.1) is 0 Å². The fourth-order valence-electron chi connectivity index (χ4n) is 3.45. The first-order valence-electron chi connectivity index (χ1n) is 8.39. The van der Waals surface area contributed by atoms with Gasteiger partial charge in [-0.1, -0.05) is 71.2 Å². The molecule has 0 atom stereocenters. The van der Waals surface area contributed by atoms with Crippen LogP contribution in [0.4, 0.5) is 4.79 Å². The number of carbonyl (C=O) groups is 1. The number of alkyl carbamates (subject to hydrolysis) is 1. The van der Waals surface area contributed by atoms with Gasteiger partial charge in [0, 0.05) is 16.4 Å². The van der Waals surface area contributed by atoms with Crippen LogP contribution in [0.15, 0.2) is 59.1 Å². The van der Waals surface area contributed by atoms with Gasteiger partial charge in [-0.25, -0.2) is 4.79 Å². The van der Waals surface area contributed by atoms with Gasteiger partial charge in [-0.15, -0.1) is 0 Å². The first kappa shape index (κ1) is 17.0. The SMILES string of the molecule is O=C(NCC1(c2cccc(Br)c2)CCCC1)OCc1ccccc1. The Morgan fingerprint density at radius 1 is 1.08 bits per heavy atom. The number of benzene rings is 2. The molecular formula is C20H22BrNO2. The van der Waals surface area contributed by atoms with Crippen molar-refractivity contribution in [3.05, 3.63) is 70.2 Å². The van der Waals surface area contributed by atoms with Crippen molar-refractivity contribution >= 4 is 22.0 Å². The summed E-state index contributed by atoms with van der Waals surface area (Å²) >= 11 is 3.55. The topological polar surface area (TPSA) is 38.3 Å². The molecule has 1 aliphatic rings. The second kappa shape index (κ2) is 7.84. The summed E-state index contributed by atoms with van der Waals surface area (Å²) in [5.74, 6) is 0. The Balaban J connectivity index is 1.59. The van der Waals surface area contributed by atoms with Crippen LogP contribution in [0.2, 0.25) is 0 Å². The lowest BCUT2D eigenvalue weighted by Gasteiger charge is -2.30. The first-order valence-corrected chi connectivity index (χ1v) is 9.18. The molecule has 1 saturated carbocycles. The third kappa shape index (κ3) is 4.18. The highest BCUT2D eigenvalue weighted by atomic mass is 79.9. The lowest BCUT2D eigenvalue weighted by atomic mass is 9.79. The van der Waals surface area contributed by atoms with E-state index in [0.717, 1.165) is 22.9 Å². The minimum atomic E-state index is -0.347. The summed E-state index contributed by atoms with van der Waals surface area (Å²) in [5.41, 5.74) is 2.31. The maximum Gasteiger partial charge on any atom is 0.407 e. The molecule has 3 rings (SSSR count). The minimum Gasteiger partial charge on any atom is -0.445 e. The molecule has 0 aromatic heterocycles. The number of carbonyl (C=O) groups excluding carboxylic acids is 1. The molecule has 0 saturated heterocycles. The largest absolute Gasteiger partial charge is 0.445 e. The molecule has 1 fully saturated rings. The average molecular weight is 388 g/mol. The van der Waals surface area contributed by atoms with Crippen molar-refractivity contribution in [1.82, 2.24) is 5.32 Å². The van der Waals surface area contributed by atoms with E-state index in [2.05, 4.69) is 39.4 Å². The third-order valence-electron chi connectivity index (χ3n) is 4.78. The zero-order valence-corrected chi connectivity index (χ0v) is 15.2. The number of halogens is 1. The molecule has 4 heteroatoms. The van der Waals surface area contributed by atoms with Crippen LogP contribution in [0.25, 0.3) is 0 Å². The van der Waals surface area contributed by atoms with E-state index in [-0.39, 0.29) is 11.5 Å². The molecule has 0 spiro atoms. The van der Waals surface area contributed by atoms with Crippen molar-refractivity contribution in [1.29, 1.82) is 0 Å². The van der Waals surface area contributed by atoms with Crippen LogP contribution >= 0.6 is 15.9 Å². The Morgan fingerprint density at radius 2 is 1.83 bits per heavy atom. The van der Waals surface area contributed by atoms with Gasteiger partial charge >= 0.3 is 6.09 Å². The highest BCUT2D eigenvalue weighted by molar-refractivity contribution is 9.10. The van der Waals surface area contributed by atoms with E-state index in [1.807, 2.05) is 36.4 Å². The van der Waals surface area contributed by atoms with E-state index < -0.39 is 0 Å². The molecule has 126 valence electrons. The lowest BCUT2D eigenvalue weighted by molar-refractivity contribution is 0.137. The molecule has 1 N–H and O–H groups in total. The molecule has 1 aliphatic carbocycles. The van der Waals surface area contributed by atoms with E-state index in [0.29, 0.717) is 13.2 Å². The average Bonchev–Trinajstić information content (AvgIpc) is 3.09. The van der Waals surface area contributed by atoms with Crippen LogP contribution < -0.4 is 5.32 Å². The van der Waals surface area contributed by atoms with E-state index >= 15 is 0 Å². The summed E-state index contributed by atoms with van der Waals surface area (Å²) in [5, 5.41) is 2.98. The standard InChI is InChI=1S/C20H22BrNO2/c21-18-10-6-9-17(13-18)20(11-4-5-12-20)15-22-19(23)24-14-16-7-2-1-3-8-16/h1-3,6-10,13H,4-5,11-12,14-15H2,(H,22,23). The van der Waals surface area contributed by atoms with Crippen molar-refractivity contribution < 1.29 is 9.53 Å². The first-order chi connectivity index (χ1) is 11.7. The fraction of sp³-hybridized carbons (Fsp3) is 0.350. The molecule has 3 nitrogen and oxygen atoms in total. The molecule has 0 radical (unpaired) electrons. The van der Waals surface area contributed by atoms with Crippen molar-refractivity contribution in [3.8, 4) is 0 Å². The second-order valence-electron chi connectivity index (χ2n) is 6.41. The quantitative estimate of drug-likeness (QED) is 0.766. The van der Waals surface area contributed by atoms with Gasteiger partial charge < -0.3 is 10.1 Å². The zero-order valence-electron chi connectivity index (χ0n) is 13.6. The van der Waals surface area contributed by atoms with E-state index in [9.17, 15) is 4.79 Å². The molecule has 24 heavy (non-hydrogen) atoms. The molecule has 0 aliphatic heterocycles. The molecule has 0 heterocycles. The van der Waals surface area contributed by atoms with Crippen molar-refractivity contribution in [2.45, 2.75) is 37.7 Å². The van der Waals surface area contributed by atoms with Crippen LogP contribution in [0.5, 0.6) is 0 Å². The van der Waals surface area contributed by atoms with Gasteiger partial charge in [-0.2, -0.15) is 0 Å². The summed E-state index contributed by atoms with van der Waals surface area (Å²) in [6.07, 6.45) is 4.26. The van der Waals surface area contributed by atoms with Gasteiger partial charge in [0.15, 0.2) is 0 Å². The fourth-order valence-corrected chi connectivity index (χ4v) is 3.85. The Labute approximate surface area is 151 Å². The zero-order chi connectivity index (χ0) is 16.8. The highest BCUT2D eigenvalue weighted by Gasteiger charge is 2.36. The number of amides is 1.